The number of piperazine rings is 1. The second kappa shape index (κ2) is 10.1. The summed E-state index contributed by atoms with van der Waals surface area (Å²) in [5.74, 6) is 0. The van der Waals surface area contributed by atoms with Gasteiger partial charge >= 0.3 is 6.18 Å². The van der Waals surface area contributed by atoms with Crippen LogP contribution in [0.25, 0.3) is 0 Å². The first-order valence-corrected chi connectivity index (χ1v) is 10.4. The number of β-amino-alcohol motifs (C(OH)–C–C–N with tert-alkyl or cyclic N) is 1. The van der Waals surface area contributed by atoms with Crippen molar-refractivity contribution < 1.29 is 18.3 Å². The molecular formula is C21H32F3N3O. The first-order chi connectivity index (χ1) is 13.4. The average Bonchev–Trinajstić information content (AvgIpc) is 2.67. The molecule has 2 atom stereocenters. The molecule has 0 radical (unpaired) electrons. The van der Waals surface area contributed by atoms with Crippen LogP contribution in [0.2, 0.25) is 0 Å². The molecule has 0 amide bonds. The van der Waals surface area contributed by atoms with Gasteiger partial charge in [0.05, 0.1) is 6.10 Å². The maximum absolute atomic E-state index is 12.3. The third-order valence-electron chi connectivity index (χ3n) is 6.00. The van der Waals surface area contributed by atoms with Crippen molar-refractivity contribution in [1.82, 2.24) is 14.7 Å². The van der Waals surface area contributed by atoms with Crippen molar-refractivity contribution in [2.75, 3.05) is 52.4 Å². The second-order valence-electron chi connectivity index (χ2n) is 8.06. The predicted molar refractivity (Wildman–Crippen MR) is 104 cm³/mol. The molecule has 2 heterocycles. The van der Waals surface area contributed by atoms with E-state index < -0.39 is 18.7 Å². The number of aliphatic hydroxyl groups excluding tert-OH is 1. The summed E-state index contributed by atoms with van der Waals surface area (Å²) in [6.45, 7) is 6.63. The molecule has 0 aromatic heterocycles. The molecule has 0 spiro atoms. The molecule has 1 aromatic carbocycles. The van der Waals surface area contributed by atoms with Gasteiger partial charge < -0.3 is 14.9 Å². The summed E-state index contributed by atoms with van der Waals surface area (Å²) in [4.78, 5) is 6.82. The topological polar surface area (TPSA) is 30.0 Å². The Bertz CT molecular complexity index is 576. The Morgan fingerprint density at radius 3 is 2.29 bits per heavy atom. The quantitative estimate of drug-likeness (QED) is 0.764. The highest BCUT2D eigenvalue weighted by Gasteiger charge is 2.34. The number of hydrogen-bond donors (Lipinski definition) is 1. The van der Waals surface area contributed by atoms with E-state index in [2.05, 4.69) is 34.1 Å². The van der Waals surface area contributed by atoms with Crippen LogP contribution >= 0.6 is 0 Å². The molecule has 0 saturated carbocycles. The molecule has 0 aliphatic carbocycles. The van der Waals surface area contributed by atoms with Crippen LogP contribution in [0.5, 0.6) is 0 Å². The van der Waals surface area contributed by atoms with Crippen LogP contribution in [0, 0.1) is 0 Å². The van der Waals surface area contributed by atoms with Crippen LogP contribution in [-0.2, 0) is 6.42 Å². The van der Waals surface area contributed by atoms with Crippen molar-refractivity contribution in [3.05, 3.63) is 35.9 Å². The number of benzene rings is 1. The fraction of sp³-hybridized carbons (Fsp3) is 0.714. The summed E-state index contributed by atoms with van der Waals surface area (Å²) in [6.07, 6.45) is -3.31. The minimum Gasteiger partial charge on any atom is -0.390 e. The first kappa shape index (κ1) is 21.6. The van der Waals surface area contributed by atoms with E-state index in [0.29, 0.717) is 13.1 Å². The lowest BCUT2D eigenvalue weighted by molar-refractivity contribution is -0.136. The summed E-state index contributed by atoms with van der Waals surface area (Å²) in [5, 5.41) is 10.5. The monoisotopic (exact) mass is 399 g/mol. The normalized spacial score (nSPS) is 25.9. The molecule has 3 rings (SSSR count). The van der Waals surface area contributed by atoms with Crippen LogP contribution in [-0.4, -0.2) is 90.5 Å². The van der Waals surface area contributed by atoms with E-state index in [9.17, 15) is 18.3 Å². The minimum absolute atomic E-state index is 0.112. The van der Waals surface area contributed by atoms with Gasteiger partial charge in [0.15, 0.2) is 0 Å². The minimum atomic E-state index is -4.09. The smallest absolute Gasteiger partial charge is 0.389 e. The Balaban J connectivity index is 1.35. The zero-order chi connectivity index (χ0) is 20.0. The van der Waals surface area contributed by atoms with Crippen molar-refractivity contribution in [3.63, 3.8) is 0 Å². The number of aliphatic hydroxyl groups is 1. The lowest BCUT2D eigenvalue weighted by atomic mass is 9.99. The van der Waals surface area contributed by atoms with E-state index in [4.69, 9.17) is 0 Å². The fourth-order valence-corrected chi connectivity index (χ4v) is 4.37. The lowest BCUT2D eigenvalue weighted by Gasteiger charge is -2.45. The van der Waals surface area contributed by atoms with E-state index in [1.807, 2.05) is 11.0 Å². The second-order valence-corrected chi connectivity index (χ2v) is 8.06. The highest BCUT2D eigenvalue weighted by Crippen LogP contribution is 2.23. The van der Waals surface area contributed by atoms with E-state index in [1.165, 1.54) is 5.56 Å². The highest BCUT2D eigenvalue weighted by atomic mass is 19.4. The summed E-state index contributed by atoms with van der Waals surface area (Å²) in [7, 11) is 0. The van der Waals surface area contributed by atoms with Crippen LogP contribution < -0.4 is 0 Å². The van der Waals surface area contributed by atoms with Gasteiger partial charge in [0.1, 0.15) is 0 Å². The van der Waals surface area contributed by atoms with Gasteiger partial charge in [0.2, 0.25) is 0 Å². The Hall–Kier alpha value is -1.15. The van der Waals surface area contributed by atoms with Gasteiger partial charge in [-0.1, -0.05) is 30.3 Å². The van der Waals surface area contributed by atoms with Gasteiger partial charge in [-0.3, -0.25) is 4.90 Å². The fourth-order valence-electron chi connectivity index (χ4n) is 4.37. The van der Waals surface area contributed by atoms with Crippen LogP contribution in [0.3, 0.4) is 0 Å². The Labute approximate surface area is 165 Å². The Morgan fingerprint density at radius 1 is 0.929 bits per heavy atom. The van der Waals surface area contributed by atoms with Crippen molar-refractivity contribution in [2.45, 2.75) is 44.0 Å². The molecule has 4 nitrogen and oxygen atoms in total. The van der Waals surface area contributed by atoms with Crippen molar-refractivity contribution in [1.29, 1.82) is 0 Å². The molecule has 1 aromatic rings. The number of hydrogen-bond acceptors (Lipinski definition) is 4. The molecule has 0 unspecified atom stereocenters. The number of likely N-dealkylation sites (tertiary alicyclic amines) is 1. The maximum atomic E-state index is 12.3. The number of rotatable bonds is 7. The van der Waals surface area contributed by atoms with Gasteiger partial charge in [-0.2, -0.15) is 13.2 Å². The predicted octanol–water partition coefficient (Wildman–Crippen LogP) is 2.62. The molecule has 1 N–H and O–H groups in total. The largest absolute Gasteiger partial charge is 0.390 e. The molecule has 2 aliphatic heterocycles. The van der Waals surface area contributed by atoms with Crippen molar-refractivity contribution >= 4 is 0 Å². The van der Waals surface area contributed by atoms with Gasteiger partial charge in [-0.25, -0.2) is 0 Å². The SMILES string of the molecule is O[C@@H]1CN(CCCC(F)(F)F)CC[C@H]1N1CCN(CCc2ccccc2)CC1. The van der Waals surface area contributed by atoms with Gasteiger partial charge in [-0.15, -0.1) is 0 Å². The van der Waals surface area contributed by atoms with Crippen molar-refractivity contribution in [3.8, 4) is 0 Å². The summed E-state index contributed by atoms with van der Waals surface area (Å²) in [6, 6.07) is 10.6. The van der Waals surface area contributed by atoms with Crippen LogP contribution in [0.15, 0.2) is 30.3 Å². The first-order valence-electron chi connectivity index (χ1n) is 10.4. The molecule has 2 aliphatic rings. The standard InChI is InChI=1S/C21H32F3N3O/c22-21(23,24)9-4-10-26-12-8-19(20(28)17-26)27-15-13-25(14-16-27)11-7-18-5-2-1-3-6-18/h1-3,5-6,19-20,28H,4,7-17H2/t19-,20-/m1/s1. The zero-order valence-electron chi connectivity index (χ0n) is 16.4. The number of nitrogens with zero attached hydrogens (tertiary/aromatic N) is 3. The maximum Gasteiger partial charge on any atom is 0.389 e. The molecular weight excluding hydrogens is 367 g/mol. The zero-order valence-corrected chi connectivity index (χ0v) is 16.4. The van der Waals surface area contributed by atoms with E-state index in [-0.39, 0.29) is 12.5 Å². The molecule has 28 heavy (non-hydrogen) atoms. The Kier molecular flexibility index (Phi) is 7.74. The highest BCUT2D eigenvalue weighted by molar-refractivity contribution is 5.14. The summed E-state index contributed by atoms with van der Waals surface area (Å²) in [5.41, 5.74) is 1.36. The summed E-state index contributed by atoms with van der Waals surface area (Å²) < 4.78 is 36.9. The molecule has 2 saturated heterocycles. The third kappa shape index (κ3) is 6.72. The number of alkyl halides is 3. The molecule has 0 bridgehead atoms. The summed E-state index contributed by atoms with van der Waals surface area (Å²) >= 11 is 0. The average molecular weight is 400 g/mol. The van der Waals surface area contributed by atoms with Crippen molar-refractivity contribution in [2.24, 2.45) is 0 Å². The van der Waals surface area contributed by atoms with E-state index >= 15 is 0 Å². The van der Waals surface area contributed by atoms with Crippen LogP contribution in [0.1, 0.15) is 24.8 Å². The van der Waals surface area contributed by atoms with Crippen LogP contribution in [0.4, 0.5) is 13.2 Å². The molecule has 7 heteroatoms. The third-order valence-corrected chi connectivity index (χ3v) is 6.00. The number of piperidine rings is 1. The Morgan fingerprint density at radius 2 is 1.64 bits per heavy atom. The lowest BCUT2D eigenvalue weighted by Crippen LogP contribution is -2.59. The molecule has 2 fully saturated rings. The van der Waals surface area contributed by atoms with E-state index in [1.54, 1.807) is 0 Å². The van der Waals surface area contributed by atoms with Gasteiger partial charge in [-0.05, 0) is 37.9 Å². The van der Waals surface area contributed by atoms with Gasteiger partial charge in [0, 0.05) is 51.7 Å². The molecule has 158 valence electrons. The van der Waals surface area contributed by atoms with E-state index in [0.717, 1.165) is 52.1 Å². The number of halogens is 3. The van der Waals surface area contributed by atoms with Gasteiger partial charge in [0.25, 0.3) is 0 Å².